The Morgan fingerprint density at radius 3 is 2.87 bits per heavy atom. The van der Waals surface area contributed by atoms with Crippen LogP contribution in [0.2, 0.25) is 4.47 Å². The molecule has 0 amide bonds. The van der Waals surface area contributed by atoms with Gasteiger partial charge in [-0.15, -0.1) is 23.1 Å². The molecule has 0 unspecified atom stereocenters. The van der Waals surface area contributed by atoms with Crippen LogP contribution in [0.15, 0.2) is 35.4 Å². The van der Waals surface area contributed by atoms with E-state index in [4.69, 9.17) is 11.6 Å². The van der Waals surface area contributed by atoms with E-state index < -0.39 is 0 Å². The van der Waals surface area contributed by atoms with E-state index in [2.05, 4.69) is 36.2 Å². The third-order valence-corrected chi connectivity index (χ3v) is 4.51. The van der Waals surface area contributed by atoms with Crippen LogP contribution < -0.4 is 0 Å². The number of aromatic nitrogens is 1. The van der Waals surface area contributed by atoms with E-state index in [1.807, 2.05) is 18.0 Å². The monoisotopic (exact) mass is 255 g/mol. The molecule has 4 heteroatoms. The molecule has 2 rings (SSSR count). The van der Waals surface area contributed by atoms with Gasteiger partial charge in [-0.05, 0) is 18.6 Å². The largest absolute Gasteiger partial charge is 0.233 e. The van der Waals surface area contributed by atoms with Crippen LogP contribution in [0.5, 0.6) is 0 Å². The second-order valence-electron chi connectivity index (χ2n) is 3.13. The first-order chi connectivity index (χ1) is 7.25. The molecule has 2 aromatic rings. The maximum Gasteiger partial charge on any atom is 0.183 e. The number of thioether (sulfide) groups is 1. The van der Waals surface area contributed by atoms with Crippen molar-refractivity contribution in [3.8, 4) is 0 Å². The third-order valence-electron chi connectivity index (χ3n) is 1.99. The normalized spacial score (nSPS) is 10.5. The van der Waals surface area contributed by atoms with Gasteiger partial charge in [0.05, 0.1) is 0 Å². The van der Waals surface area contributed by atoms with E-state index in [0.717, 1.165) is 5.75 Å². The minimum absolute atomic E-state index is 0.621. The second kappa shape index (κ2) is 5.01. The van der Waals surface area contributed by atoms with Crippen LogP contribution in [0.25, 0.3) is 0 Å². The molecule has 1 aromatic carbocycles. The molecule has 15 heavy (non-hydrogen) atoms. The molecule has 0 saturated heterocycles. The van der Waals surface area contributed by atoms with Gasteiger partial charge in [-0.2, -0.15) is 0 Å². The predicted molar refractivity (Wildman–Crippen MR) is 67.9 cm³/mol. The molecule has 1 nitrogen and oxygen atoms in total. The molecular formula is C11H10ClNS2. The van der Waals surface area contributed by atoms with Gasteiger partial charge in [-0.25, -0.2) is 4.98 Å². The average Bonchev–Trinajstić information content (AvgIpc) is 2.63. The van der Waals surface area contributed by atoms with Crippen molar-refractivity contribution in [3.63, 3.8) is 0 Å². The Morgan fingerprint density at radius 1 is 1.40 bits per heavy atom. The van der Waals surface area contributed by atoms with Crippen LogP contribution in [0, 0.1) is 6.92 Å². The average molecular weight is 256 g/mol. The van der Waals surface area contributed by atoms with Gasteiger partial charge in [0.2, 0.25) is 0 Å². The summed E-state index contributed by atoms with van der Waals surface area (Å²) in [6, 6.07) is 8.39. The number of thiazole rings is 1. The molecule has 0 radical (unpaired) electrons. The van der Waals surface area contributed by atoms with Crippen LogP contribution in [0.3, 0.4) is 0 Å². The zero-order valence-corrected chi connectivity index (χ0v) is 10.6. The Bertz CT molecular complexity index is 453. The lowest BCUT2D eigenvalue weighted by Crippen LogP contribution is -1.79. The molecule has 1 heterocycles. The number of halogens is 1. The van der Waals surface area contributed by atoms with Crippen molar-refractivity contribution in [2.45, 2.75) is 17.6 Å². The Kier molecular flexibility index (Phi) is 3.67. The van der Waals surface area contributed by atoms with Crippen molar-refractivity contribution in [3.05, 3.63) is 45.4 Å². The van der Waals surface area contributed by atoms with E-state index in [1.54, 1.807) is 11.3 Å². The first-order valence-corrected chi connectivity index (χ1v) is 6.72. The molecule has 0 fully saturated rings. The minimum Gasteiger partial charge on any atom is -0.233 e. The van der Waals surface area contributed by atoms with Crippen molar-refractivity contribution in [1.82, 2.24) is 4.98 Å². The summed E-state index contributed by atoms with van der Waals surface area (Å²) < 4.78 is 0.621. The molecule has 0 spiro atoms. The zero-order chi connectivity index (χ0) is 10.7. The summed E-state index contributed by atoms with van der Waals surface area (Å²) in [6.45, 7) is 2.13. The number of hydrogen-bond acceptors (Lipinski definition) is 3. The number of rotatable bonds is 3. The van der Waals surface area contributed by atoms with Crippen molar-refractivity contribution >= 4 is 34.7 Å². The van der Waals surface area contributed by atoms with Gasteiger partial charge >= 0.3 is 0 Å². The van der Waals surface area contributed by atoms with Gasteiger partial charge < -0.3 is 0 Å². The number of aryl methyl sites for hydroxylation is 1. The Labute approximate surface area is 103 Å². The summed E-state index contributed by atoms with van der Waals surface area (Å²) in [5.41, 5.74) is 1.32. The van der Waals surface area contributed by atoms with Crippen molar-refractivity contribution < 1.29 is 0 Å². The summed E-state index contributed by atoms with van der Waals surface area (Å²) in [7, 11) is 0. The summed E-state index contributed by atoms with van der Waals surface area (Å²) in [4.78, 5) is 6.56. The molecule has 0 saturated carbocycles. The molecule has 0 N–H and O–H groups in total. The van der Waals surface area contributed by atoms with E-state index in [9.17, 15) is 0 Å². The third kappa shape index (κ3) is 2.97. The minimum atomic E-state index is 0.621. The van der Waals surface area contributed by atoms with Crippen molar-refractivity contribution in [2.75, 3.05) is 0 Å². The quantitative estimate of drug-likeness (QED) is 0.754. The van der Waals surface area contributed by atoms with Crippen LogP contribution in [-0.2, 0) is 5.75 Å². The Morgan fingerprint density at radius 2 is 2.20 bits per heavy atom. The first-order valence-electron chi connectivity index (χ1n) is 4.54. The lowest BCUT2D eigenvalue weighted by molar-refractivity contribution is 1.29. The van der Waals surface area contributed by atoms with Gasteiger partial charge in [-0.1, -0.05) is 29.8 Å². The highest BCUT2D eigenvalue weighted by Crippen LogP contribution is 2.28. The molecule has 0 aliphatic heterocycles. The van der Waals surface area contributed by atoms with Crippen LogP contribution in [-0.4, -0.2) is 4.98 Å². The van der Waals surface area contributed by atoms with Gasteiger partial charge in [0.1, 0.15) is 0 Å². The van der Waals surface area contributed by atoms with Crippen molar-refractivity contribution in [2.24, 2.45) is 0 Å². The highest BCUT2D eigenvalue weighted by atomic mass is 35.5. The smallest absolute Gasteiger partial charge is 0.183 e. The zero-order valence-electron chi connectivity index (χ0n) is 8.24. The molecule has 0 aliphatic rings. The highest BCUT2D eigenvalue weighted by Gasteiger charge is 2.02. The number of nitrogens with zero attached hydrogens (tertiary/aromatic N) is 1. The van der Waals surface area contributed by atoms with E-state index in [-0.39, 0.29) is 0 Å². The van der Waals surface area contributed by atoms with Gasteiger partial charge in [0.25, 0.3) is 0 Å². The number of benzene rings is 1. The molecule has 0 aliphatic carbocycles. The molecule has 1 aromatic heterocycles. The Balaban J connectivity index is 2.02. The fraction of sp³-hybridized carbons (Fsp3) is 0.182. The predicted octanol–water partition coefficient (Wildman–Crippen LogP) is 4.40. The molecule has 0 bridgehead atoms. The standard InChI is InChI=1S/C11H10ClNS2/c1-8-4-2-3-5-10(8)14-7-9-6-13-11(12)15-9/h2-6H,7H2,1H3. The van der Waals surface area contributed by atoms with Gasteiger partial charge in [0.15, 0.2) is 4.47 Å². The maximum atomic E-state index is 5.77. The lowest BCUT2D eigenvalue weighted by Gasteiger charge is -2.02. The first kappa shape index (κ1) is 11.0. The second-order valence-corrected chi connectivity index (χ2v) is 5.85. The van der Waals surface area contributed by atoms with Crippen LogP contribution in [0.4, 0.5) is 0 Å². The van der Waals surface area contributed by atoms with E-state index in [1.165, 1.54) is 15.3 Å². The van der Waals surface area contributed by atoms with Crippen molar-refractivity contribution in [1.29, 1.82) is 0 Å². The molecule has 0 atom stereocenters. The fourth-order valence-electron chi connectivity index (χ4n) is 1.22. The molecular weight excluding hydrogens is 246 g/mol. The summed E-state index contributed by atoms with van der Waals surface area (Å²) >= 11 is 9.14. The van der Waals surface area contributed by atoms with Gasteiger partial charge in [0, 0.05) is 21.7 Å². The van der Waals surface area contributed by atoms with Gasteiger partial charge in [-0.3, -0.25) is 0 Å². The summed E-state index contributed by atoms with van der Waals surface area (Å²) in [6.07, 6.45) is 1.85. The fourth-order valence-corrected chi connectivity index (χ4v) is 3.25. The van der Waals surface area contributed by atoms with Crippen LogP contribution >= 0.6 is 34.7 Å². The number of hydrogen-bond donors (Lipinski definition) is 0. The van der Waals surface area contributed by atoms with E-state index >= 15 is 0 Å². The SMILES string of the molecule is Cc1ccccc1SCc1cnc(Cl)s1. The lowest BCUT2D eigenvalue weighted by atomic mass is 10.2. The Hall–Kier alpha value is -0.510. The highest BCUT2D eigenvalue weighted by molar-refractivity contribution is 7.98. The molecule has 78 valence electrons. The summed E-state index contributed by atoms with van der Waals surface area (Å²) in [5, 5.41) is 0. The topological polar surface area (TPSA) is 12.9 Å². The van der Waals surface area contributed by atoms with E-state index in [0.29, 0.717) is 4.47 Å². The maximum absolute atomic E-state index is 5.77. The summed E-state index contributed by atoms with van der Waals surface area (Å²) in [5.74, 6) is 0.940. The van der Waals surface area contributed by atoms with Crippen LogP contribution in [0.1, 0.15) is 10.4 Å².